The molecule has 2 aliphatic heterocycles. The van der Waals surface area contributed by atoms with Crippen molar-refractivity contribution in [1.29, 1.82) is 0 Å². The van der Waals surface area contributed by atoms with Crippen molar-refractivity contribution in [3.63, 3.8) is 0 Å². The van der Waals surface area contributed by atoms with Crippen molar-refractivity contribution < 1.29 is 9.13 Å². The van der Waals surface area contributed by atoms with Crippen LogP contribution in [0.4, 0.5) is 10.1 Å². The zero-order valence-electron chi connectivity index (χ0n) is 13.7. The van der Waals surface area contributed by atoms with Gasteiger partial charge in [-0.05, 0) is 42.7 Å². The molecule has 2 heterocycles. The molecule has 0 aromatic heterocycles. The summed E-state index contributed by atoms with van der Waals surface area (Å²) in [4.78, 5) is 2.60. The van der Waals surface area contributed by atoms with Gasteiger partial charge in [0.05, 0.1) is 13.2 Å². The van der Waals surface area contributed by atoms with E-state index in [0.717, 1.165) is 38.3 Å². The lowest BCUT2D eigenvalue weighted by Crippen LogP contribution is -2.58. The predicted molar refractivity (Wildman–Crippen MR) is 93.4 cm³/mol. The molecule has 0 radical (unpaired) electrons. The van der Waals surface area contributed by atoms with Crippen molar-refractivity contribution in [3.8, 4) is 0 Å². The van der Waals surface area contributed by atoms with E-state index in [0.29, 0.717) is 18.1 Å². The third kappa shape index (κ3) is 3.45. The fourth-order valence-electron chi connectivity index (χ4n) is 3.94. The van der Waals surface area contributed by atoms with E-state index in [4.69, 9.17) is 4.74 Å². The standard InChI is InChI=1S/C20H23FN2O/c21-16-6-8-17(9-7-16)22-18-10-19-13-24-14-20(11-18)23(19)12-15-4-2-1-3-5-15/h1-9,18-20,22H,10-14H2/t18-,19+,20-. The Morgan fingerprint density at radius 2 is 1.62 bits per heavy atom. The normalized spacial score (nSPS) is 27.0. The van der Waals surface area contributed by atoms with Crippen LogP contribution in [-0.2, 0) is 11.3 Å². The van der Waals surface area contributed by atoms with Crippen LogP contribution in [0.1, 0.15) is 18.4 Å². The maximum Gasteiger partial charge on any atom is 0.123 e. The van der Waals surface area contributed by atoms with Crippen molar-refractivity contribution >= 4 is 5.69 Å². The first-order valence-electron chi connectivity index (χ1n) is 8.67. The van der Waals surface area contributed by atoms with E-state index in [1.54, 1.807) is 0 Å². The molecule has 2 aromatic rings. The maximum absolute atomic E-state index is 13.1. The van der Waals surface area contributed by atoms with Gasteiger partial charge in [-0.25, -0.2) is 4.39 Å². The number of hydrogen-bond donors (Lipinski definition) is 1. The van der Waals surface area contributed by atoms with E-state index in [9.17, 15) is 4.39 Å². The van der Waals surface area contributed by atoms with Crippen LogP contribution < -0.4 is 5.32 Å². The lowest BCUT2D eigenvalue weighted by molar-refractivity contribution is -0.0802. The lowest BCUT2D eigenvalue weighted by Gasteiger charge is -2.48. The van der Waals surface area contributed by atoms with E-state index < -0.39 is 0 Å². The van der Waals surface area contributed by atoms with Gasteiger partial charge < -0.3 is 10.1 Å². The van der Waals surface area contributed by atoms with Gasteiger partial charge in [-0.1, -0.05) is 30.3 Å². The van der Waals surface area contributed by atoms with Crippen LogP contribution in [0.15, 0.2) is 54.6 Å². The van der Waals surface area contributed by atoms with Gasteiger partial charge in [0.2, 0.25) is 0 Å². The minimum Gasteiger partial charge on any atom is -0.382 e. The van der Waals surface area contributed by atoms with E-state index in [2.05, 4.69) is 40.5 Å². The molecule has 3 atom stereocenters. The van der Waals surface area contributed by atoms with Crippen molar-refractivity contribution in [2.75, 3.05) is 18.5 Å². The summed E-state index contributed by atoms with van der Waals surface area (Å²) < 4.78 is 18.9. The fraction of sp³-hybridized carbons (Fsp3) is 0.400. The molecule has 0 spiro atoms. The van der Waals surface area contributed by atoms with Crippen molar-refractivity contribution in [2.45, 2.75) is 37.5 Å². The van der Waals surface area contributed by atoms with Gasteiger partial charge in [0, 0.05) is 30.4 Å². The first-order valence-corrected chi connectivity index (χ1v) is 8.67. The van der Waals surface area contributed by atoms with Crippen LogP contribution in [0.25, 0.3) is 0 Å². The van der Waals surface area contributed by atoms with Crippen LogP contribution in [0.5, 0.6) is 0 Å². The van der Waals surface area contributed by atoms with E-state index in [1.807, 2.05) is 12.1 Å². The second-order valence-corrected chi connectivity index (χ2v) is 6.82. The Labute approximate surface area is 142 Å². The van der Waals surface area contributed by atoms with Gasteiger partial charge in [-0.2, -0.15) is 0 Å². The van der Waals surface area contributed by atoms with E-state index in [-0.39, 0.29) is 5.82 Å². The van der Waals surface area contributed by atoms with Gasteiger partial charge in [-0.15, -0.1) is 0 Å². The quantitative estimate of drug-likeness (QED) is 0.928. The zero-order chi connectivity index (χ0) is 16.4. The summed E-state index contributed by atoms with van der Waals surface area (Å²) in [5.41, 5.74) is 2.36. The fourth-order valence-corrected chi connectivity index (χ4v) is 3.94. The van der Waals surface area contributed by atoms with Gasteiger partial charge in [-0.3, -0.25) is 4.90 Å². The number of nitrogens with one attached hydrogen (secondary N) is 1. The molecule has 4 rings (SSSR count). The molecular formula is C20H23FN2O. The molecule has 0 saturated carbocycles. The Balaban J connectivity index is 1.43. The molecule has 2 aliphatic rings. The van der Waals surface area contributed by atoms with Gasteiger partial charge in [0.1, 0.15) is 5.82 Å². The Morgan fingerprint density at radius 1 is 0.958 bits per heavy atom. The number of rotatable bonds is 4. The number of hydrogen-bond acceptors (Lipinski definition) is 3. The lowest BCUT2D eigenvalue weighted by atomic mass is 9.89. The molecule has 1 N–H and O–H groups in total. The Kier molecular flexibility index (Phi) is 4.50. The molecule has 2 bridgehead atoms. The third-order valence-corrected chi connectivity index (χ3v) is 5.09. The smallest absolute Gasteiger partial charge is 0.123 e. The first kappa shape index (κ1) is 15.6. The zero-order valence-corrected chi connectivity index (χ0v) is 13.7. The Hall–Kier alpha value is -1.91. The highest BCUT2D eigenvalue weighted by molar-refractivity contribution is 5.44. The number of morpholine rings is 1. The van der Waals surface area contributed by atoms with Crippen LogP contribution >= 0.6 is 0 Å². The summed E-state index contributed by atoms with van der Waals surface area (Å²) in [7, 11) is 0. The summed E-state index contributed by atoms with van der Waals surface area (Å²) >= 11 is 0. The molecular weight excluding hydrogens is 303 g/mol. The van der Waals surface area contributed by atoms with Crippen molar-refractivity contribution in [3.05, 3.63) is 66.0 Å². The average molecular weight is 326 g/mol. The number of nitrogens with zero attached hydrogens (tertiary/aromatic N) is 1. The number of halogens is 1. The average Bonchev–Trinajstić information content (AvgIpc) is 2.58. The highest BCUT2D eigenvalue weighted by Crippen LogP contribution is 2.31. The second kappa shape index (κ2) is 6.91. The topological polar surface area (TPSA) is 24.5 Å². The molecule has 2 saturated heterocycles. The third-order valence-electron chi connectivity index (χ3n) is 5.09. The summed E-state index contributed by atoms with van der Waals surface area (Å²) in [6.45, 7) is 2.58. The number of fused-ring (bicyclic) bond motifs is 2. The monoisotopic (exact) mass is 326 g/mol. The highest BCUT2D eigenvalue weighted by atomic mass is 19.1. The molecule has 3 nitrogen and oxygen atoms in total. The van der Waals surface area contributed by atoms with Crippen LogP contribution in [0, 0.1) is 5.82 Å². The summed E-state index contributed by atoms with van der Waals surface area (Å²) in [6.07, 6.45) is 2.11. The Morgan fingerprint density at radius 3 is 2.29 bits per heavy atom. The minimum atomic E-state index is -0.191. The summed E-state index contributed by atoms with van der Waals surface area (Å²) in [6, 6.07) is 18.6. The minimum absolute atomic E-state index is 0.191. The van der Waals surface area contributed by atoms with Gasteiger partial charge in [0.25, 0.3) is 0 Å². The van der Waals surface area contributed by atoms with Crippen LogP contribution in [-0.4, -0.2) is 36.2 Å². The maximum atomic E-state index is 13.1. The van der Waals surface area contributed by atoms with Gasteiger partial charge >= 0.3 is 0 Å². The highest BCUT2D eigenvalue weighted by Gasteiger charge is 2.38. The number of anilines is 1. The van der Waals surface area contributed by atoms with Gasteiger partial charge in [0.15, 0.2) is 0 Å². The van der Waals surface area contributed by atoms with E-state index >= 15 is 0 Å². The molecule has 4 heteroatoms. The summed E-state index contributed by atoms with van der Waals surface area (Å²) in [5, 5.41) is 3.57. The molecule has 2 fully saturated rings. The number of ether oxygens (including phenoxy) is 1. The van der Waals surface area contributed by atoms with Crippen molar-refractivity contribution in [1.82, 2.24) is 4.90 Å². The van der Waals surface area contributed by atoms with E-state index in [1.165, 1.54) is 17.7 Å². The summed E-state index contributed by atoms with van der Waals surface area (Å²) in [5.74, 6) is -0.191. The molecule has 126 valence electrons. The molecule has 0 amide bonds. The number of benzene rings is 2. The predicted octanol–water partition coefficient (Wildman–Crippen LogP) is 3.67. The van der Waals surface area contributed by atoms with Crippen LogP contribution in [0.3, 0.4) is 0 Å². The largest absolute Gasteiger partial charge is 0.382 e. The number of piperidine rings is 1. The van der Waals surface area contributed by atoms with Crippen molar-refractivity contribution in [2.24, 2.45) is 0 Å². The Bertz CT molecular complexity index is 647. The molecule has 2 aromatic carbocycles. The first-order chi connectivity index (χ1) is 11.8. The SMILES string of the molecule is Fc1ccc(N[C@@H]2C[C@H]3COC[C@@H](C2)N3Cc2ccccc2)cc1. The van der Waals surface area contributed by atoms with Crippen LogP contribution in [0.2, 0.25) is 0 Å². The molecule has 0 aliphatic carbocycles. The second-order valence-electron chi connectivity index (χ2n) is 6.82. The molecule has 0 unspecified atom stereocenters. The molecule has 24 heavy (non-hydrogen) atoms.